The van der Waals surface area contributed by atoms with Gasteiger partial charge in [-0.05, 0) is 24.1 Å². The molecule has 2 aromatic rings. The molecule has 130 valence electrons. The van der Waals surface area contributed by atoms with Crippen molar-refractivity contribution >= 4 is 0 Å². The maximum Gasteiger partial charge on any atom is 0.122 e. The molecule has 1 saturated heterocycles. The summed E-state index contributed by atoms with van der Waals surface area (Å²) >= 11 is 0. The van der Waals surface area contributed by atoms with E-state index < -0.39 is 0 Å². The van der Waals surface area contributed by atoms with Crippen LogP contribution in [0, 0.1) is 0 Å². The predicted molar refractivity (Wildman–Crippen MR) is 93.3 cm³/mol. The molecule has 6 heteroatoms. The second-order valence-corrected chi connectivity index (χ2v) is 6.34. The van der Waals surface area contributed by atoms with Crippen molar-refractivity contribution in [3.63, 3.8) is 0 Å². The SMILES string of the molecule is COc1cc(CN2CC[C@@H](NCc3cnn(C)c3)C2)cc(OC)c1. The van der Waals surface area contributed by atoms with E-state index in [0.717, 1.165) is 37.7 Å². The zero-order valence-electron chi connectivity index (χ0n) is 14.7. The summed E-state index contributed by atoms with van der Waals surface area (Å²) in [5, 5.41) is 7.84. The third kappa shape index (κ3) is 4.27. The molecule has 1 aromatic heterocycles. The summed E-state index contributed by atoms with van der Waals surface area (Å²) in [6.07, 6.45) is 5.14. The zero-order valence-corrected chi connectivity index (χ0v) is 14.7. The van der Waals surface area contributed by atoms with Crippen LogP contribution in [0.15, 0.2) is 30.6 Å². The smallest absolute Gasteiger partial charge is 0.122 e. The first-order valence-corrected chi connectivity index (χ1v) is 8.31. The van der Waals surface area contributed by atoms with Gasteiger partial charge in [-0.25, -0.2) is 0 Å². The number of likely N-dealkylation sites (tertiary alicyclic amines) is 1. The lowest BCUT2D eigenvalue weighted by Gasteiger charge is -2.17. The minimum atomic E-state index is 0.526. The summed E-state index contributed by atoms with van der Waals surface area (Å²) in [7, 11) is 5.32. The van der Waals surface area contributed by atoms with Gasteiger partial charge in [0, 0.05) is 57.1 Å². The van der Waals surface area contributed by atoms with E-state index in [2.05, 4.69) is 33.6 Å². The van der Waals surface area contributed by atoms with Crippen molar-refractivity contribution < 1.29 is 9.47 Å². The number of aryl methyl sites for hydroxylation is 1. The van der Waals surface area contributed by atoms with Crippen molar-refractivity contribution in [3.8, 4) is 11.5 Å². The lowest BCUT2D eigenvalue weighted by atomic mass is 10.2. The maximum atomic E-state index is 5.35. The third-order valence-corrected chi connectivity index (χ3v) is 4.44. The molecular weight excluding hydrogens is 304 g/mol. The van der Waals surface area contributed by atoms with E-state index in [9.17, 15) is 0 Å². The normalized spacial score (nSPS) is 18.0. The van der Waals surface area contributed by atoms with Crippen LogP contribution in [0.3, 0.4) is 0 Å². The van der Waals surface area contributed by atoms with Crippen LogP contribution >= 0.6 is 0 Å². The standard InChI is InChI=1S/C18H26N4O2/c1-21-11-15(10-20-21)9-19-16-4-5-22(13-16)12-14-6-17(23-2)8-18(7-14)24-3/h6-8,10-11,16,19H,4-5,9,12-13H2,1-3H3/t16-/m1/s1. The quantitative estimate of drug-likeness (QED) is 0.839. The van der Waals surface area contributed by atoms with E-state index in [0.29, 0.717) is 6.04 Å². The molecule has 0 unspecified atom stereocenters. The fourth-order valence-corrected chi connectivity index (χ4v) is 3.18. The third-order valence-electron chi connectivity index (χ3n) is 4.44. The van der Waals surface area contributed by atoms with E-state index in [1.807, 2.05) is 24.0 Å². The van der Waals surface area contributed by atoms with E-state index in [4.69, 9.17) is 9.47 Å². The molecule has 24 heavy (non-hydrogen) atoms. The van der Waals surface area contributed by atoms with Gasteiger partial charge < -0.3 is 14.8 Å². The molecule has 0 bridgehead atoms. The van der Waals surface area contributed by atoms with Gasteiger partial charge in [-0.15, -0.1) is 0 Å². The molecule has 3 rings (SSSR count). The molecule has 0 saturated carbocycles. The Morgan fingerprint density at radius 1 is 1.17 bits per heavy atom. The molecular formula is C18H26N4O2. The van der Waals surface area contributed by atoms with E-state index >= 15 is 0 Å². The molecule has 1 N–H and O–H groups in total. The number of ether oxygens (including phenoxy) is 2. The van der Waals surface area contributed by atoms with E-state index in [1.165, 1.54) is 17.5 Å². The van der Waals surface area contributed by atoms with Crippen molar-refractivity contribution in [2.75, 3.05) is 27.3 Å². The number of hydrogen-bond donors (Lipinski definition) is 1. The van der Waals surface area contributed by atoms with Gasteiger partial charge in [-0.2, -0.15) is 5.10 Å². The Balaban J connectivity index is 1.52. The van der Waals surface area contributed by atoms with Crippen molar-refractivity contribution in [1.29, 1.82) is 0 Å². The fourth-order valence-electron chi connectivity index (χ4n) is 3.18. The van der Waals surface area contributed by atoms with Crippen molar-refractivity contribution in [3.05, 3.63) is 41.7 Å². The largest absolute Gasteiger partial charge is 0.497 e. The number of hydrogen-bond acceptors (Lipinski definition) is 5. The van der Waals surface area contributed by atoms with Gasteiger partial charge in [0.05, 0.1) is 20.4 Å². The Morgan fingerprint density at radius 2 is 1.92 bits per heavy atom. The number of aromatic nitrogens is 2. The number of rotatable bonds is 7. The summed E-state index contributed by atoms with van der Waals surface area (Å²) in [4.78, 5) is 2.47. The fraction of sp³-hybridized carbons (Fsp3) is 0.500. The van der Waals surface area contributed by atoms with Gasteiger partial charge in [-0.1, -0.05) is 0 Å². The first-order valence-electron chi connectivity index (χ1n) is 8.31. The molecule has 0 spiro atoms. The van der Waals surface area contributed by atoms with Crippen LogP contribution in [0.25, 0.3) is 0 Å². The van der Waals surface area contributed by atoms with E-state index in [-0.39, 0.29) is 0 Å². The summed E-state index contributed by atoms with van der Waals surface area (Å²) < 4.78 is 12.5. The molecule has 6 nitrogen and oxygen atoms in total. The minimum Gasteiger partial charge on any atom is -0.497 e. The summed E-state index contributed by atoms with van der Waals surface area (Å²) in [5.74, 6) is 1.68. The number of methoxy groups -OCH3 is 2. The molecule has 1 aliphatic rings. The van der Waals surface area contributed by atoms with Gasteiger partial charge in [0.1, 0.15) is 11.5 Å². The molecule has 1 aliphatic heterocycles. The summed E-state index contributed by atoms with van der Waals surface area (Å²) in [5.41, 5.74) is 2.45. The first kappa shape index (κ1) is 16.8. The number of benzene rings is 1. The zero-order chi connectivity index (χ0) is 16.9. The van der Waals surface area contributed by atoms with Crippen LogP contribution in [0.2, 0.25) is 0 Å². The lowest BCUT2D eigenvalue weighted by Crippen LogP contribution is -2.31. The highest BCUT2D eigenvalue weighted by molar-refractivity contribution is 5.38. The van der Waals surface area contributed by atoms with Crippen LogP contribution < -0.4 is 14.8 Å². The Labute approximate surface area is 143 Å². The van der Waals surface area contributed by atoms with Crippen LogP contribution in [-0.4, -0.2) is 48.0 Å². The topological polar surface area (TPSA) is 51.5 Å². The Bertz CT molecular complexity index is 649. The second-order valence-electron chi connectivity index (χ2n) is 6.34. The average molecular weight is 330 g/mol. The lowest BCUT2D eigenvalue weighted by molar-refractivity contribution is 0.317. The van der Waals surface area contributed by atoms with Gasteiger partial charge in [-0.3, -0.25) is 9.58 Å². The van der Waals surface area contributed by atoms with Crippen molar-refractivity contribution in [1.82, 2.24) is 20.0 Å². The van der Waals surface area contributed by atoms with Crippen LogP contribution in [0.4, 0.5) is 0 Å². The maximum absolute atomic E-state index is 5.35. The average Bonchev–Trinajstić information content (AvgIpc) is 3.21. The molecule has 1 fully saturated rings. The van der Waals surface area contributed by atoms with Gasteiger partial charge >= 0.3 is 0 Å². The Kier molecular flexibility index (Phi) is 5.37. The molecule has 0 amide bonds. The molecule has 0 radical (unpaired) electrons. The highest BCUT2D eigenvalue weighted by Crippen LogP contribution is 2.24. The van der Waals surface area contributed by atoms with Crippen LogP contribution in [0.1, 0.15) is 17.5 Å². The molecule has 1 atom stereocenters. The van der Waals surface area contributed by atoms with Crippen molar-refractivity contribution in [2.24, 2.45) is 7.05 Å². The highest BCUT2D eigenvalue weighted by Gasteiger charge is 2.22. The van der Waals surface area contributed by atoms with Gasteiger partial charge in [0.2, 0.25) is 0 Å². The summed E-state index contributed by atoms with van der Waals surface area (Å²) in [6.45, 7) is 3.95. The first-order chi connectivity index (χ1) is 11.7. The van der Waals surface area contributed by atoms with Crippen molar-refractivity contribution in [2.45, 2.75) is 25.6 Å². The van der Waals surface area contributed by atoms with E-state index in [1.54, 1.807) is 14.2 Å². The number of nitrogens with one attached hydrogen (secondary N) is 1. The van der Waals surface area contributed by atoms with Crippen LogP contribution in [-0.2, 0) is 20.1 Å². The van der Waals surface area contributed by atoms with Gasteiger partial charge in [0.15, 0.2) is 0 Å². The molecule has 0 aliphatic carbocycles. The highest BCUT2D eigenvalue weighted by atomic mass is 16.5. The van der Waals surface area contributed by atoms with Crippen LogP contribution in [0.5, 0.6) is 11.5 Å². The second kappa shape index (κ2) is 7.68. The number of nitrogens with zero attached hydrogens (tertiary/aromatic N) is 3. The Hall–Kier alpha value is -2.05. The monoisotopic (exact) mass is 330 g/mol. The molecule has 2 heterocycles. The predicted octanol–water partition coefficient (Wildman–Crippen LogP) is 1.80. The van der Waals surface area contributed by atoms with Gasteiger partial charge in [0.25, 0.3) is 0 Å². The summed E-state index contributed by atoms with van der Waals surface area (Å²) in [6, 6.07) is 6.60. The minimum absolute atomic E-state index is 0.526. The molecule has 1 aromatic carbocycles. The Morgan fingerprint density at radius 3 is 2.54 bits per heavy atom.